The minimum absolute atomic E-state index is 0.326. The van der Waals surface area contributed by atoms with Gasteiger partial charge in [0.25, 0.3) is 0 Å². The van der Waals surface area contributed by atoms with Gasteiger partial charge in [0, 0.05) is 7.77 Å². The lowest BCUT2D eigenvalue weighted by Crippen LogP contribution is -2.41. The van der Waals surface area contributed by atoms with Crippen LogP contribution >= 0.6 is 0 Å². The molecule has 3 heterocycles. The maximum atomic E-state index is 12.9. The third-order valence-corrected chi connectivity index (χ3v) is 4.95. The molecule has 3 aliphatic rings. The van der Waals surface area contributed by atoms with Crippen LogP contribution in [0.5, 0.6) is 0 Å². The molecule has 3 saturated heterocycles. The Morgan fingerprint density at radius 1 is 1.19 bits per heavy atom. The van der Waals surface area contributed by atoms with Crippen molar-refractivity contribution < 1.29 is 35.1 Å². The van der Waals surface area contributed by atoms with E-state index in [0.29, 0.717) is 5.69 Å². The standard InChI is InChI=1S/C18H17NO7/c20-12(21)6-7-13(22)25-11-8-10-14-15(16(11)26-10)18(24)19(17(14)23)9-4-2-1-3-5-9/h1-5,10-11,14-16H,6-8H2,(H,20,21)/i8D. The second-order valence-corrected chi connectivity index (χ2v) is 6.50. The Hall–Kier alpha value is -2.74. The van der Waals surface area contributed by atoms with E-state index >= 15 is 0 Å². The molecule has 1 aromatic carbocycles. The highest BCUT2D eigenvalue weighted by Gasteiger charge is 2.66. The molecule has 136 valence electrons. The Morgan fingerprint density at radius 2 is 1.88 bits per heavy atom. The second-order valence-electron chi connectivity index (χ2n) is 6.50. The van der Waals surface area contributed by atoms with E-state index in [0.717, 1.165) is 4.90 Å². The Kier molecular flexibility index (Phi) is 3.70. The fraction of sp³-hybridized carbons (Fsp3) is 0.444. The van der Waals surface area contributed by atoms with E-state index in [9.17, 15) is 19.2 Å². The minimum atomic E-state index is -1.13. The SMILES string of the molecule is [2H]C1C(OC(=O)CCC(=O)O)C2OC1C1C(=O)N(c3ccccc3)C(=O)C21. The summed E-state index contributed by atoms with van der Waals surface area (Å²) in [5, 5.41) is 8.65. The van der Waals surface area contributed by atoms with Gasteiger partial charge < -0.3 is 14.6 Å². The smallest absolute Gasteiger partial charge is 0.306 e. The van der Waals surface area contributed by atoms with Crippen molar-refractivity contribution in [3.63, 3.8) is 0 Å². The number of para-hydroxylation sites is 1. The predicted octanol–water partition coefficient (Wildman–Crippen LogP) is 0.740. The van der Waals surface area contributed by atoms with Gasteiger partial charge in [-0.05, 0) is 12.1 Å². The van der Waals surface area contributed by atoms with Gasteiger partial charge in [-0.2, -0.15) is 0 Å². The molecule has 6 atom stereocenters. The van der Waals surface area contributed by atoms with Crippen LogP contribution < -0.4 is 4.90 Å². The lowest BCUT2D eigenvalue weighted by atomic mass is 9.79. The van der Waals surface area contributed by atoms with Crippen LogP contribution in [-0.4, -0.2) is 47.2 Å². The number of aliphatic carboxylic acids is 1. The van der Waals surface area contributed by atoms with Crippen LogP contribution in [0.1, 0.15) is 20.6 Å². The number of hydrogen-bond donors (Lipinski definition) is 1. The minimum Gasteiger partial charge on any atom is -0.481 e. The van der Waals surface area contributed by atoms with Gasteiger partial charge in [-0.1, -0.05) is 18.2 Å². The van der Waals surface area contributed by atoms with Crippen molar-refractivity contribution >= 4 is 29.4 Å². The van der Waals surface area contributed by atoms with Crippen molar-refractivity contribution in [3.8, 4) is 0 Å². The monoisotopic (exact) mass is 360 g/mol. The van der Waals surface area contributed by atoms with Gasteiger partial charge >= 0.3 is 11.9 Å². The number of benzene rings is 1. The van der Waals surface area contributed by atoms with Gasteiger partial charge in [0.1, 0.15) is 12.2 Å². The van der Waals surface area contributed by atoms with Crippen LogP contribution in [0.4, 0.5) is 5.69 Å². The molecule has 0 radical (unpaired) electrons. The first kappa shape index (κ1) is 15.5. The van der Waals surface area contributed by atoms with E-state index in [1.54, 1.807) is 30.3 Å². The topological polar surface area (TPSA) is 110 Å². The molecule has 8 heteroatoms. The Balaban J connectivity index is 1.54. The molecule has 0 aromatic heterocycles. The van der Waals surface area contributed by atoms with Crippen molar-refractivity contribution in [2.45, 2.75) is 37.6 Å². The summed E-state index contributed by atoms with van der Waals surface area (Å²) in [5.74, 6) is -4.29. The van der Waals surface area contributed by atoms with Gasteiger partial charge in [0.2, 0.25) is 11.8 Å². The van der Waals surface area contributed by atoms with Gasteiger partial charge in [-0.3, -0.25) is 19.2 Å². The van der Waals surface area contributed by atoms with Crippen LogP contribution in [0.2, 0.25) is 0 Å². The lowest BCUT2D eigenvalue weighted by Gasteiger charge is -2.24. The Labute approximate surface area is 150 Å². The van der Waals surface area contributed by atoms with Gasteiger partial charge in [-0.25, -0.2) is 4.90 Å². The maximum Gasteiger partial charge on any atom is 0.306 e. The van der Waals surface area contributed by atoms with E-state index in [2.05, 4.69) is 0 Å². The first-order valence-electron chi connectivity index (χ1n) is 8.89. The first-order chi connectivity index (χ1) is 12.9. The molecule has 8 nitrogen and oxygen atoms in total. The highest BCUT2D eigenvalue weighted by atomic mass is 16.6. The van der Waals surface area contributed by atoms with Crippen molar-refractivity contribution in [1.82, 2.24) is 0 Å². The molecule has 2 bridgehead atoms. The molecule has 2 amide bonds. The zero-order valence-corrected chi connectivity index (χ0v) is 13.6. The summed E-state index contributed by atoms with van der Waals surface area (Å²) in [5.41, 5.74) is 0.456. The average Bonchev–Trinajstić information content (AvgIpc) is 3.25. The van der Waals surface area contributed by atoms with Crippen molar-refractivity contribution in [2.24, 2.45) is 11.8 Å². The quantitative estimate of drug-likeness (QED) is 0.609. The zero-order valence-electron chi connectivity index (χ0n) is 14.6. The fourth-order valence-electron chi connectivity index (χ4n) is 3.86. The van der Waals surface area contributed by atoms with Crippen molar-refractivity contribution in [2.75, 3.05) is 4.90 Å². The summed E-state index contributed by atoms with van der Waals surface area (Å²) in [6.45, 7) is 0. The predicted molar refractivity (Wildman–Crippen MR) is 85.9 cm³/mol. The highest BCUT2D eigenvalue weighted by molar-refractivity contribution is 6.22. The molecule has 26 heavy (non-hydrogen) atoms. The maximum absolute atomic E-state index is 12.9. The van der Waals surface area contributed by atoms with E-state index in [-0.39, 0.29) is 12.8 Å². The van der Waals surface area contributed by atoms with E-state index in [4.69, 9.17) is 16.0 Å². The number of esters is 1. The van der Waals surface area contributed by atoms with E-state index in [1.807, 2.05) is 0 Å². The number of anilines is 1. The second kappa shape index (κ2) is 6.21. The van der Waals surface area contributed by atoms with Gasteiger partial charge in [0.05, 0.1) is 36.5 Å². The number of amides is 2. The molecular formula is C18H17NO7. The zero-order chi connectivity index (χ0) is 19.3. The molecule has 0 spiro atoms. The average molecular weight is 360 g/mol. The summed E-state index contributed by atoms with van der Waals surface area (Å²) in [7, 11) is 0. The summed E-state index contributed by atoms with van der Waals surface area (Å²) in [6, 6.07) is 8.52. The number of ether oxygens (including phenoxy) is 2. The number of nitrogens with zero attached hydrogens (tertiary/aromatic N) is 1. The lowest BCUT2D eigenvalue weighted by molar-refractivity contribution is -0.156. The van der Waals surface area contributed by atoms with Crippen LogP contribution in [0, 0.1) is 11.8 Å². The number of fused-ring (bicyclic) bond motifs is 5. The molecule has 3 fully saturated rings. The number of hydrogen-bond acceptors (Lipinski definition) is 6. The largest absolute Gasteiger partial charge is 0.481 e. The number of carboxylic acid groups (broad SMARTS) is 1. The fourth-order valence-corrected chi connectivity index (χ4v) is 3.86. The molecule has 1 aromatic rings. The van der Waals surface area contributed by atoms with Gasteiger partial charge in [-0.15, -0.1) is 0 Å². The third-order valence-electron chi connectivity index (χ3n) is 4.95. The normalized spacial score (nSPS) is 35.4. The molecule has 1 N–H and O–H groups in total. The molecule has 6 unspecified atom stereocenters. The van der Waals surface area contributed by atoms with Crippen LogP contribution in [0.15, 0.2) is 30.3 Å². The van der Waals surface area contributed by atoms with Crippen molar-refractivity contribution in [1.29, 1.82) is 0 Å². The number of imide groups is 1. The number of carbonyl (C=O) groups is 4. The van der Waals surface area contributed by atoms with Crippen molar-refractivity contribution in [3.05, 3.63) is 30.3 Å². The molecule has 4 rings (SSSR count). The van der Waals surface area contributed by atoms with Gasteiger partial charge in [0.15, 0.2) is 0 Å². The summed E-state index contributed by atoms with van der Waals surface area (Å²) in [4.78, 5) is 49.2. The van der Waals surface area contributed by atoms with E-state index < -0.39 is 60.3 Å². The third kappa shape index (κ3) is 2.57. The van der Waals surface area contributed by atoms with Crippen LogP contribution in [-0.2, 0) is 28.7 Å². The van der Waals surface area contributed by atoms with E-state index in [1.165, 1.54) is 0 Å². The highest BCUT2D eigenvalue weighted by Crippen LogP contribution is 2.50. The van der Waals surface area contributed by atoms with Crippen LogP contribution in [0.3, 0.4) is 0 Å². The van der Waals surface area contributed by atoms with Crippen LogP contribution in [0.25, 0.3) is 0 Å². The number of carboxylic acids is 1. The Morgan fingerprint density at radius 3 is 2.58 bits per heavy atom. The molecular weight excluding hydrogens is 342 g/mol. The molecule has 3 aliphatic heterocycles. The number of rotatable bonds is 5. The first-order valence-corrected chi connectivity index (χ1v) is 8.32. The summed E-state index contributed by atoms with van der Waals surface area (Å²) >= 11 is 0. The number of carbonyl (C=O) groups excluding carboxylic acids is 3. The Bertz CT molecular complexity index is 813. The molecule has 0 aliphatic carbocycles. The summed E-state index contributed by atoms with van der Waals surface area (Å²) in [6.07, 6.45) is -4.41. The molecule has 0 saturated carbocycles. The summed E-state index contributed by atoms with van der Waals surface area (Å²) < 4.78 is 19.2.